The average Bonchev–Trinajstić information content (AvgIpc) is 1.81. The van der Waals surface area contributed by atoms with Gasteiger partial charge < -0.3 is 12.9 Å². The quantitative estimate of drug-likeness (QED) is 0.549. The molecule has 0 aromatic rings. The molecule has 0 spiro atoms. The minimum Gasteiger partial charge on any atom is -0.394 e. The van der Waals surface area contributed by atoms with E-state index in [4.69, 9.17) is 9.84 Å². The highest BCUT2D eigenvalue weighted by Crippen LogP contribution is 1.83. The zero-order valence-electron chi connectivity index (χ0n) is 4.47. The number of rotatable bonds is 5. The average molecular weight is 232 g/mol. The van der Waals surface area contributed by atoms with E-state index >= 15 is 0 Å². The van der Waals surface area contributed by atoms with E-state index in [9.17, 15) is 0 Å². The van der Waals surface area contributed by atoms with E-state index in [0.717, 1.165) is 0 Å². The van der Waals surface area contributed by atoms with Crippen molar-refractivity contribution in [3.05, 3.63) is 0 Å². The molecule has 3 nitrogen and oxygen atoms in total. The van der Waals surface area contributed by atoms with Crippen molar-refractivity contribution in [3.8, 4) is 0 Å². The van der Waals surface area contributed by atoms with Crippen LogP contribution < -0.4 is 0 Å². The lowest BCUT2D eigenvalue weighted by atomic mass is 10.7. The van der Waals surface area contributed by atoms with Gasteiger partial charge in [0.25, 0.3) is 0 Å². The third-order valence-corrected chi connectivity index (χ3v) is 0.981. The molecule has 0 aromatic heterocycles. The Labute approximate surface area is 62.7 Å². The van der Waals surface area contributed by atoms with Crippen LogP contribution in [-0.4, -0.2) is 31.5 Å². The minimum absolute atomic E-state index is 0.0846. The van der Waals surface area contributed by atoms with Crippen LogP contribution in [0.25, 0.3) is 0 Å². The summed E-state index contributed by atoms with van der Waals surface area (Å²) in [5, 5.41) is 8.20. The predicted octanol–water partition coefficient (Wildman–Crippen LogP) is 0.362. The molecule has 0 aliphatic carbocycles. The monoisotopic (exact) mass is 232 g/mol. The molecule has 0 atom stereocenters. The maximum Gasteiger partial charge on any atom is 0.109 e. The van der Waals surface area contributed by atoms with Crippen molar-refractivity contribution in [1.29, 1.82) is 0 Å². The molecule has 0 fully saturated rings. The highest BCUT2D eigenvalue weighted by Gasteiger charge is 1.83. The van der Waals surface area contributed by atoms with Crippen molar-refractivity contribution in [3.63, 3.8) is 0 Å². The van der Waals surface area contributed by atoms with Crippen LogP contribution in [0, 0.1) is 0 Å². The predicted molar refractivity (Wildman–Crippen MR) is 37.9 cm³/mol. The zero-order valence-corrected chi connectivity index (χ0v) is 6.63. The Morgan fingerprint density at radius 3 is 2.50 bits per heavy atom. The molecular weight excluding hydrogens is 223 g/mol. The summed E-state index contributed by atoms with van der Waals surface area (Å²) >= 11 is 1.80. The van der Waals surface area contributed by atoms with Crippen LogP contribution in [0.1, 0.15) is 0 Å². The van der Waals surface area contributed by atoms with Gasteiger partial charge in [0.05, 0.1) is 26.4 Å². The molecule has 0 rings (SSSR count). The number of hydrogen-bond donors (Lipinski definition) is 1. The Balaban J connectivity index is 2.53. The van der Waals surface area contributed by atoms with Crippen LogP contribution in [-0.2, 0) is 7.80 Å². The van der Waals surface area contributed by atoms with Gasteiger partial charge in [0.15, 0.2) is 0 Å². The number of hydrogen-bond acceptors (Lipinski definition) is 3. The smallest absolute Gasteiger partial charge is 0.109 e. The highest BCUT2D eigenvalue weighted by atomic mass is 127. The molecular formula is C4H9IO3. The first-order valence-electron chi connectivity index (χ1n) is 2.34. The molecule has 0 saturated heterocycles. The van der Waals surface area contributed by atoms with Crippen molar-refractivity contribution < 1.29 is 12.9 Å². The minimum atomic E-state index is 0.0846. The summed E-state index contributed by atoms with van der Waals surface area (Å²) in [5.41, 5.74) is 0. The molecule has 0 heterocycles. The first-order valence-corrected chi connectivity index (χ1v) is 3.22. The van der Waals surface area contributed by atoms with Gasteiger partial charge >= 0.3 is 0 Å². The maximum atomic E-state index is 8.20. The Morgan fingerprint density at radius 2 is 2.00 bits per heavy atom. The summed E-state index contributed by atoms with van der Waals surface area (Å²) in [5.74, 6) is 0. The fraction of sp³-hybridized carbons (Fsp3) is 1.00. The van der Waals surface area contributed by atoms with Crippen LogP contribution in [0.4, 0.5) is 0 Å². The van der Waals surface area contributed by atoms with E-state index in [1.165, 1.54) is 0 Å². The third-order valence-electron chi connectivity index (χ3n) is 0.540. The number of ether oxygens (including phenoxy) is 1. The lowest BCUT2D eigenvalue weighted by molar-refractivity contribution is 0.0787. The second kappa shape index (κ2) is 7.61. The van der Waals surface area contributed by atoms with Gasteiger partial charge in [-0.15, -0.1) is 0 Å². The Bertz CT molecular complexity index is 36.3. The molecule has 50 valence electrons. The highest BCUT2D eigenvalue weighted by molar-refractivity contribution is 14.1. The fourth-order valence-electron chi connectivity index (χ4n) is 0.257. The molecule has 0 unspecified atom stereocenters. The molecule has 0 aliphatic heterocycles. The van der Waals surface area contributed by atoms with Crippen LogP contribution in [0.15, 0.2) is 0 Å². The third kappa shape index (κ3) is 6.61. The fourth-order valence-corrected chi connectivity index (χ4v) is 0.437. The first-order chi connectivity index (χ1) is 3.91. The summed E-state index contributed by atoms with van der Waals surface area (Å²) in [7, 11) is 0. The van der Waals surface area contributed by atoms with E-state index in [2.05, 4.69) is 3.07 Å². The van der Waals surface area contributed by atoms with Gasteiger partial charge in [0, 0.05) is 0 Å². The lowest BCUT2D eigenvalue weighted by Gasteiger charge is -1.97. The number of halogens is 1. The molecule has 1 N–H and O–H groups in total. The van der Waals surface area contributed by atoms with Gasteiger partial charge in [-0.05, 0) is 0 Å². The molecule has 0 aliphatic rings. The first kappa shape index (κ1) is 8.61. The Hall–Kier alpha value is 0.610. The normalized spacial score (nSPS) is 9.75. The van der Waals surface area contributed by atoms with Crippen LogP contribution in [0.2, 0.25) is 0 Å². The van der Waals surface area contributed by atoms with Gasteiger partial charge in [-0.2, -0.15) is 0 Å². The van der Waals surface area contributed by atoms with Crippen molar-refractivity contribution in [1.82, 2.24) is 0 Å². The molecule has 0 saturated carbocycles. The number of aliphatic hydroxyl groups excluding tert-OH is 1. The van der Waals surface area contributed by atoms with Gasteiger partial charge in [0.1, 0.15) is 23.0 Å². The van der Waals surface area contributed by atoms with Gasteiger partial charge in [-0.25, -0.2) is 0 Å². The van der Waals surface area contributed by atoms with E-state index in [0.29, 0.717) is 19.8 Å². The summed E-state index contributed by atoms with van der Waals surface area (Å²) in [4.78, 5) is 0. The van der Waals surface area contributed by atoms with Crippen molar-refractivity contribution in [2.75, 3.05) is 26.4 Å². The maximum absolute atomic E-state index is 8.20. The van der Waals surface area contributed by atoms with Crippen LogP contribution >= 0.6 is 23.0 Å². The van der Waals surface area contributed by atoms with Crippen LogP contribution in [0.3, 0.4) is 0 Å². The molecule has 0 amide bonds. The second-order valence-corrected chi connectivity index (χ2v) is 1.77. The summed E-state index contributed by atoms with van der Waals surface area (Å²) in [6.07, 6.45) is 0. The lowest BCUT2D eigenvalue weighted by Crippen LogP contribution is -2.03. The molecule has 4 heteroatoms. The van der Waals surface area contributed by atoms with Gasteiger partial charge in [-0.1, -0.05) is 0 Å². The SMILES string of the molecule is OCCOCCOI. The summed E-state index contributed by atoms with van der Waals surface area (Å²) in [6, 6.07) is 0. The topological polar surface area (TPSA) is 38.7 Å². The molecule has 8 heavy (non-hydrogen) atoms. The molecule has 0 aromatic carbocycles. The van der Waals surface area contributed by atoms with Crippen molar-refractivity contribution in [2.24, 2.45) is 0 Å². The summed E-state index contributed by atoms with van der Waals surface area (Å²) < 4.78 is 9.50. The second-order valence-electron chi connectivity index (χ2n) is 1.15. The van der Waals surface area contributed by atoms with E-state index < -0.39 is 0 Å². The Morgan fingerprint density at radius 1 is 1.25 bits per heavy atom. The molecule has 0 radical (unpaired) electrons. The van der Waals surface area contributed by atoms with E-state index in [-0.39, 0.29) is 6.61 Å². The van der Waals surface area contributed by atoms with E-state index in [1.807, 2.05) is 0 Å². The molecule has 0 bridgehead atoms. The number of aliphatic hydroxyl groups is 1. The van der Waals surface area contributed by atoms with E-state index in [1.54, 1.807) is 23.0 Å². The van der Waals surface area contributed by atoms with Crippen LogP contribution in [0.5, 0.6) is 0 Å². The Kier molecular flexibility index (Phi) is 8.19. The van der Waals surface area contributed by atoms with Gasteiger partial charge in [0.2, 0.25) is 0 Å². The van der Waals surface area contributed by atoms with Crippen molar-refractivity contribution >= 4 is 23.0 Å². The zero-order chi connectivity index (χ0) is 6.24. The standard InChI is InChI=1S/C4H9IO3/c5-8-4-3-7-2-1-6/h6H,1-4H2. The van der Waals surface area contributed by atoms with Crippen molar-refractivity contribution in [2.45, 2.75) is 0 Å². The largest absolute Gasteiger partial charge is 0.394 e. The summed E-state index contributed by atoms with van der Waals surface area (Å²) in [6.45, 7) is 1.63. The van der Waals surface area contributed by atoms with Gasteiger partial charge in [-0.3, -0.25) is 0 Å².